The van der Waals surface area contributed by atoms with Crippen molar-refractivity contribution in [3.63, 3.8) is 0 Å². The Balaban J connectivity index is 2.00. The zero-order valence-corrected chi connectivity index (χ0v) is 11.1. The van der Waals surface area contributed by atoms with Crippen LogP contribution in [0.15, 0.2) is 0 Å². The lowest BCUT2D eigenvalue weighted by Gasteiger charge is -2.39. The average molecular weight is 255 g/mol. The minimum atomic E-state index is -0.591. The molecule has 0 spiro atoms. The molecule has 2 saturated heterocycles. The fourth-order valence-corrected chi connectivity index (χ4v) is 2.57. The molecule has 2 heterocycles. The Hall–Kier alpha value is -0.670. The fraction of sp³-hybridized carbons (Fsp3) is 0.923. The van der Waals surface area contributed by atoms with Gasteiger partial charge in [-0.25, -0.2) is 0 Å². The zero-order valence-electron chi connectivity index (χ0n) is 11.1. The lowest BCUT2D eigenvalue weighted by molar-refractivity contribution is -0.192. The van der Waals surface area contributed by atoms with Crippen LogP contribution in [0.3, 0.4) is 0 Å². The Kier molecular flexibility index (Phi) is 3.93. The maximum absolute atomic E-state index is 10.0. The zero-order chi connectivity index (χ0) is 13.3. The summed E-state index contributed by atoms with van der Waals surface area (Å²) in [7, 11) is 0. The predicted octanol–water partition coefficient (Wildman–Crippen LogP) is 1.21. The standard InChI is InChI=1S/C13H21NO4/c1-8-9(15)6-11(17-10(8)4-5-14)12-7-16-13(2,3)18-12/h8-12,15H,4,6-7H2,1-3H3/t8-,9+,10-,11-,12?/m1/s1. The van der Waals surface area contributed by atoms with Gasteiger partial charge in [-0.3, -0.25) is 0 Å². The predicted molar refractivity (Wildman–Crippen MR) is 63.6 cm³/mol. The molecule has 102 valence electrons. The highest BCUT2D eigenvalue weighted by Gasteiger charge is 2.43. The lowest BCUT2D eigenvalue weighted by atomic mass is 9.87. The number of aliphatic hydroxyl groups is 1. The Bertz CT molecular complexity index is 338. The van der Waals surface area contributed by atoms with E-state index in [4.69, 9.17) is 19.5 Å². The smallest absolute Gasteiger partial charge is 0.163 e. The van der Waals surface area contributed by atoms with Crippen LogP contribution < -0.4 is 0 Å². The Morgan fingerprint density at radius 2 is 2.11 bits per heavy atom. The molecule has 0 bridgehead atoms. The van der Waals surface area contributed by atoms with E-state index in [0.29, 0.717) is 19.4 Å². The Morgan fingerprint density at radius 1 is 1.39 bits per heavy atom. The molecule has 0 aromatic heterocycles. The summed E-state index contributed by atoms with van der Waals surface area (Å²) in [6.07, 6.45) is -0.205. The van der Waals surface area contributed by atoms with E-state index in [9.17, 15) is 5.11 Å². The number of hydrogen-bond acceptors (Lipinski definition) is 5. The molecule has 0 saturated carbocycles. The molecule has 18 heavy (non-hydrogen) atoms. The van der Waals surface area contributed by atoms with Crippen molar-refractivity contribution >= 4 is 0 Å². The molecular formula is C13H21NO4. The van der Waals surface area contributed by atoms with E-state index in [1.807, 2.05) is 20.8 Å². The van der Waals surface area contributed by atoms with E-state index in [0.717, 1.165) is 0 Å². The van der Waals surface area contributed by atoms with Crippen molar-refractivity contribution in [2.24, 2.45) is 5.92 Å². The van der Waals surface area contributed by atoms with Crippen LogP contribution in [0.2, 0.25) is 0 Å². The quantitative estimate of drug-likeness (QED) is 0.803. The van der Waals surface area contributed by atoms with Gasteiger partial charge < -0.3 is 19.3 Å². The minimum Gasteiger partial charge on any atom is -0.393 e. The average Bonchev–Trinajstić information content (AvgIpc) is 2.65. The molecule has 1 unspecified atom stereocenters. The topological polar surface area (TPSA) is 71.7 Å². The molecule has 0 radical (unpaired) electrons. The summed E-state index contributed by atoms with van der Waals surface area (Å²) in [5.74, 6) is -0.608. The van der Waals surface area contributed by atoms with Gasteiger partial charge in [0.15, 0.2) is 5.79 Å². The number of rotatable bonds is 2. The number of aliphatic hydroxyl groups excluding tert-OH is 1. The third-order valence-electron chi connectivity index (χ3n) is 3.75. The third kappa shape index (κ3) is 2.83. The van der Waals surface area contributed by atoms with Gasteiger partial charge in [-0.15, -0.1) is 0 Å². The maximum atomic E-state index is 10.0. The normalized spacial score (nSPS) is 43.6. The molecule has 1 N–H and O–H groups in total. The van der Waals surface area contributed by atoms with Gasteiger partial charge in [-0.2, -0.15) is 5.26 Å². The molecule has 0 aromatic rings. The molecule has 0 aromatic carbocycles. The van der Waals surface area contributed by atoms with E-state index in [1.54, 1.807) is 0 Å². The van der Waals surface area contributed by atoms with Crippen LogP contribution >= 0.6 is 0 Å². The van der Waals surface area contributed by atoms with Gasteiger partial charge in [-0.1, -0.05) is 6.92 Å². The second-order valence-corrected chi connectivity index (χ2v) is 5.60. The minimum absolute atomic E-state index is 0.0174. The first-order valence-electron chi connectivity index (χ1n) is 6.45. The van der Waals surface area contributed by atoms with E-state index in [-0.39, 0.29) is 24.2 Å². The van der Waals surface area contributed by atoms with Crippen LogP contribution in [-0.4, -0.2) is 41.9 Å². The van der Waals surface area contributed by atoms with Crippen LogP contribution in [0.5, 0.6) is 0 Å². The van der Waals surface area contributed by atoms with E-state index >= 15 is 0 Å². The number of nitriles is 1. The summed E-state index contributed by atoms with van der Waals surface area (Å²) in [5.41, 5.74) is 0. The first-order valence-corrected chi connectivity index (χ1v) is 6.45. The molecule has 0 amide bonds. The van der Waals surface area contributed by atoms with Crippen LogP contribution in [0, 0.1) is 17.2 Å². The largest absolute Gasteiger partial charge is 0.393 e. The highest BCUT2D eigenvalue weighted by atomic mass is 16.7. The molecule has 5 heteroatoms. The highest BCUT2D eigenvalue weighted by Crippen LogP contribution is 2.33. The van der Waals surface area contributed by atoms with Crippen molar-refractivity contribution in [2.45, 2.75) is 63.8 Å². The maximum Gasteiger partial charge on any atom is 0.163 e. The van der Waals surface area contributed by atoms with Crippen molar-refractivity contribution < 1.29 is 19.3 Å². The van der Waals surface area contributed by atoms with Crippen LogP contribution in [0.1, 0.15) is 33.6 Å². The molecular weight excluding hydrogens is 234 g/mol. The number of hydrogen-bond donors (Lipinski definition) is 1. The van der Waals surface area contributed by atoms with Crippen molar-refractivity contribution in [3.8, 4) is 6.07 Å². The van der Waals surface area contributed by atoms with E-state index in [2.05, 4.69) is 6.07 Å². The third-order valence-corrected chi connectivity index (χ3v) is 3.75. The van der Waals surface area contributed by atoms with Crippen molar-refractivity contribution in [1.29, 1.82) is 5.26 Å². The van der Waals surface area contributed by atoms with Gasteiger partial charge in [0.05, 0.1) is 37.4 Å². The second-order valence-electron chi connectivity index (χ2n) is 5.60. The molecule has 2 aliphatic heterocycles. The van der Waals surface area contributed by atoms with Gasteiger partial charge in [0, 0.05) is 12.3 Å². The van der Waals surface area contributed by atoms with E-state index in [1.165, 1.54) is 0 Å². The molecule has 2 fully saturated rings. The first kappa shape index (κ1) is 13.8. The van der Waals surface area contributed by atoms with Gasteiger partial charge in [0.2, 0.25) is 0 Å². The fourth-order valence-electron chi connectivity index (χ4n) is 2.57. The summed E-state index contributed by atoms with van der Waals surface area (Å²) < 4.78 is 17.2. The van der Waals surface area contributed by atoms with Crippen molar-refractivity contribution in [3.05, 3.63) is 0 Å². The van der Waals surface area contributed by atoms with Gasteiger partial charge >= 0.3 is 0 Å². The Labute approximate surface area is 108 Å². The highest BCUT2D eigenvalue weighted by molar-refractivity contribution is 4.92. The van der Waals surface area contributed by atoms with E-state index < -0.39 is 11.9 Å². The van der Waals surface area contributed by atoms with Crippen molar-refractivity contribution in [1.82, 2.24) is 0 Å². The number of nitrogens with zero attached hydrogens (tertiary/aromatic N) is 1. The second kappa shape index (κ2) is 5.14. The monoisotopic (exact) mass is 255 g/mol. The van der Waals surface area contributed by atoms with Crippen LogP contribution in [-0.2, 0) is 14.2 Å². The first-order chi connectivity index (χ1) is 8.43. The lowest BCUT2D eigenvalue weighted by Crippen LogP contribution is -2.48. The summed E-state index contributed by atoms with van der Waals surface area (Å²) in [5, 5.41) is 18.8. The molecule has 2 aliphatic rings. The Morgan fingerprint density at radius 3 is 2.67 bits per heavy atom. The summed E-state index contributed by atoms with van der Waals surface area (Å²) >= 11 is 0. The summed E-state index contributed by atoms with van der Waals surface area (Å²) in [4.78, 5) is 0. The van der Waals surface area contributed by atoms with Crippen LogP contribution in [0.4, 0.5) is 0 Å². The van der Waals surface area contributed by atoms with Gasteiger partial charge in [0.1, 0.15) is 6.10 Å². The molecule has 0 aliphatic carbocycles. The van der Waals surface area contributed by atoms with Gasteiger partial charge in [0.25, 0.3) is 0 Å². The SMILES string of the molecule is C[C@@H]1[C@@H](O)C[C@H](C2COC(C)(C)O2)O[C@@H]1CC#N. The molecule has 2 rings (SSSR count). The van der Waals surface area contributed by atoms with Crippen LogP contribution in [0.25, 0.3) is 0 Å². The summed E-state index contributed by atoms with van der Waals surface area (Å²) in [6.45, 7) is 6.11. The van der Waals surface area contributed by atoms with Gasteiger partial charge in [-0.05, 0) is 13.8 Å². The number of ether oxygens (including phenoxy) is 3. The molecule has 5 atom stereocenters. The van der Waals surface area contributed by atoms with Crippen molar-refractivity contribution in [2.75, 3.05) is 6.61 Å². The molecule has 5 nitrogen and oxygen atoms in total. The summed E-state index contributed by atoms with van der Waals surface area (Å²) in [6, 6.07) is 2.11.